The molecule has 4 rings (SSSR count). The SMILES string of the molecule is O=C(c1ccc2c(c1)OCO2)N1CCCCC(c2ccc(F)cc2)C1. The van der Waals surface area contributed by atoms with Crippen LogP contribution in [-0.4, -0.2) is 30.7 Å². The third-order valence-electron chi connectivity index (χ3n) is 4.92. The lowest BCUT2D eigenvalue weighted by Crippen LogP contribution is -2.34. The van der Waals surface area contributed by atoms with Crippen LogP contribution in [0.25, 0.3) is 0 Å². The van der Waals surface area contributed by atoms with Crippen molar-refractivity contribution in [2.75, 3.05) is 19.9 Å². The van der Waals surface area contributed by atoms with Gasteiger partial charge in [0.05, 0.1) is 0 Å². The number of halogens is 1. The highest BCUT2D eigenvalue weighted by molar-refractivity contribution is 5.95. The van der Waals surface area contributed by atoms with Crippen LogP contribution in [0, 0.1) is 5.82 Å². The molecule has 0 aromatic heterocycles. The van der Waals surface area contributed by atoms with Crippen molar-refractivity contribution in [2.45, 2.75) is 25.2 Å². The summed E-state index contributed by atoms with van der Waals surface area (Å²) in [5.41, 5.74) is 1.70. The Bertz CT molecular complexity index is 775. The van der Waals surface area contributed by atoms with Gasteiger partial charge in [0.25, 0.3) is 5.91 Å². The van der Waals surface area contributed by atoms with E-state index in [1.54, 1.807) is 18.2 Å². The maximum atomic E-state index is 13.2. The number of benzene rings is 2. The number of amides is 1. The normalized spacial score (nSPS) is 19.6. The second-order valence-electron chi connectivity index (χ2n) is 6.56. The van der Waals surface area contributed by atoms with Gasteiger partial charge in [-0.2, -0.15) is 0 Å². The van der Waals surface area contributed by atoms with Gasteiger partial charge in [0.1, 0.15) is 5.82 Å². The Morgan fingerprint density at radius 1 is 1.04 bits per heavy atom. The van der Waals surface area contributed by atoms with Gasteiger partial charge in [-0.3, -0.25) is 4.79 Å². The van der Waals surface area contributed by atoms with Crippen molar-refractivity contribution in [3.63, 3.8) is 0 Å². The van der Waals surface area contributed by atoms with Crippen LogP contribution in [0.1, 0.15) is 41.1 Å². The van der Waals surface area contributed by atoms with Crippen molar-refractivity contribution in [1.29, 1.82) is 0 Å². The summed E-state index contributed by atoms with van der Waals surface area (Å²) in [6, 6.07) is 12.0. The van der Waals surface area contributed by atoms with Gasteiger partial charge in [0.2, 0.25) is 6.79 Å². The first-order valence-corrected chi connectivity index (χ1v) is 8.65. The fourth-order valence-electron chi connectivity index (χ4n) is 3.55. The van der Waals surface area contributed by atoms with Crippen molar-refractivity contribution in [3.8, 4) is 11.5 Å². The highest BCUT2D eigenvalue weighted by Gasteiger charge is 2.25. The zero-order chi connectivity index (χ0) is 17.2. The van der Waals surface area contributed by atoms with E-state index < -0.39 is 0 Å². The average molecular weight is 341 g/mol. The van der Waals surface area contributed by atoms with Crippen molar-refractivity contribution in [2.24, 2.45) is 0 Å². The Hall–Kier alpha value is -2.56. The zero-order valence-corrected chi connectivity index (χ0v) is 13.9. The molecular weight excluding hydrogens is 321 g/mol. The molecule has 0 bridgehead atoms. The number of rotatable bonds is 2. The molecule has 0 aliphatic carbocycles. The van der Waals surface area contributed by atoms with E-state index in [0.717, 1.165) is 31.4 Å². The van der Waals surface area contributed by atoms with Gasteiger partial charge in [0, 0.05) is 24.6 Å². The Labute approximate surface area is 146 Å². The van der Waals surface area contributed by atoms with E-state index in [4.69, 9.17) is 9.47 Å². The molecule has 0 radical (unpaired) electrons. The van der Waals surface area contributed by atoms with Crippen LogP contribution in [-0.2, 0) is 0 Å². The van der Waals surface area contributed by atoms with Crippen molar-refractivity contribution >= 4 is 5.91 Å². The summed E-state index contributed by atoms with van der Waals surface area (Å²) in [4.78, 5) is 14.9. The minimum atomic E-state index is -0.231. The standard InChI is InChI=1S/C20H20FNO3/c21-17-7-4-14(5-8-17)16-3-1-2-10-22(12-16)20(23)15-6-9-18-19(11-15)25-13-24-18/h4-9,11,16H,1-3,10,12-13H2. The van der Waals surface area contributed by atoms with E-state index in [0.29, 0.717) is 23.6 Å². The van der Waals surface area contributed by atoms with Crippen LogP contribution in [0.4, 0.5) is 4.39 Å². The molecule has 1 amide bonds. The Morgan fingerprint density at radius 3 is 2.68 bits per heavy atom. The first-order chi connectivity index (χ1) is 12.2. The molecule has 0 saturated carbocycles. The minimum absolute atomic E-state index is 0.00677. The van der Waals surface area contributed by atoms with Gasteiger partial charge in [0.15, 0.2) is 11.5 Å². The van der Waals surface area contributed by atoms with Crippen LogP contribution in [0.5, 0.6) is 11.5 Å². The zero-order valence-electron chi connectivity index (χ0n) is 13.9. The Balaban J connectivity index is 1.54. The third kappa shape index (κ3) is 3.31. The summed E-state index contributed by atoms with van der Waals surface area (Å²) in [5.74, 6) is 1.31. The fourth-order valence-corrected chi connectivity index (χ4v) is 3.55. The smallest absolute Gasteiger partial charge is 0.254 e. The lowest BCUT2D eigenvalue weighted by molar-refractivity contribution is 0.0754. The van der Waals surface area contributed by atoms with Gasteiger partial charge in [-0.15, -0.1) is 0 Å². The number of ether oxygens (including phenoxy) is 2. The highest BCUT2D eigenvalue weighted by atomic mass is 19.1. The Morgan fingerprint density at radius 2 is 1.84 bits per heavy atom. The molecule has 1 fully saturated rings. The predicted molar refractivity (Wildman–Crippen MR) is 91.5 cm³/mol. The molecule has 4 nitrogen and oxygen atoms in total. The number of fused-ring (bicyclic) bond motifs is 1. The predicted octanol–water partition coefficient (Wildman–Crippen LogP) is 3.96. The van der Waals surface area contributed by atoms with Crippen molar-refractivity contribution in [3.05, 3.63) is 59.4 Å². The molecule has 2 aromatic rings. The molecule has 25 heavy (non-hydrogen) atoms. The molecule has 2 aromatic carbocycles. The molecule has 0 N–H and O–H groups in total. The summed E-state index contributed by atoms with van der Waals surface area (Å²) in [6.45, 7) is 1.59. The number of carbonyl (C=O) groups is 1. The molecule has 2 aliphatic heterocycles. The van der Waals surface area contributed by atoms with Crippen LogP contribution in [0.15, 0.2) is 42.5 Å². The van der Waals surface area contributed by atoms with E-state index in [1.165, 1.54) is 12.1 Å². The first-order valence-electron chi connectivity index (χ1n) is 8.65. The summed E-state index contributed by atoms with van der Waals surface area (Å²) in [6.07, 6.45) is 3.05. The number of hydrogen-bond acceptors (Lipinski definition) is 3. The summed E-state index contributed by atoms with van der Waals surface area (Å²) in [5, 5.41) is 0. The number of nitrogens with zero attached hydrogens (tertiary/aromatic N) is 1. The van der Waals surface area contributed by atoms with Gasteiger partial charge in [-0.05, 0) is 48.7 Å². The second-order valence-corrected chi connectivity index (χ2v) is 6.56. The molecule has 1 unspecified atom stereocenters. The lowest BCUT2D eigenvalue weighted by Gasteiger charge is -2.25. The van der Waals surface area contributed by atoms with Gasteiger partial charge in [-0.1, -0.05) is 18.6 Å². The van der Waals surface area contributed by atoms with Crippen molar-refractivity contribution in [1.82, 2.24) is 4.90 Å². The summed E-state index contributed by atoms with van der Waals surface area (Å²) >= 11 is 0. The first kappa shape index (κ1) is 15.9. The molecule has 2 aliphatic rings. The lowest BCUT2D eigenvalue weighted by atomic mass is 9.94. The second kappa shape index (κ2) is 6.75. The van der Waals surface area contributed by atoms with Gasteiger partial charge < -0.3 is 14.4 Å². The quantitative estimate of drug-likeness (QED) is 0.830. The van der Waals surface area contributed by atoms with Gasteiger partial charge >= 0.3 is 0 Å². The molecule has 1 atom stereocenters. The number of likely N-dealkylation sites (tertiary alicyclic amines) is 1. The summed E-state index contributed by atoms with van der Waals surface area (Å²) in [7, 11) is 0. The number of hydrogen-bond donors (Lipinski definition) is 0. The van der Waals surface area contributed by atoms with Gasteiger partial charge in [-0.25, -0.2) is 4.39 Å². The third-order valence-corrected chi connectivity index (χ3v) is 4.92. The maximum Gasteiger partial charge on any atom is 0.254 e. The maximum absolute atomic E-state index is 13.2. The average Bonchev–Trinajstić information content (AvgIpc) is 2.97. The van der Waals surface area contributed by atoms with Crippen molar-refractivity contribution < 1.29 is 18.7 Å². The molecule has 0 spiro atoms. The van der Waals surface area contributed by atoms with Crippen LogP contribution >= 0.6 is 0 Å². The largest absolute Gasteiger partial charge is 0.454 e. The van der Waals surface area contributed by atoms with E-state index in [-0.39, 0.29) is 24.4 Å². The van der Waals surface area contributed by atoms with Crippen LogP contribution in [0.3, 0.4) is 0 Å². The van der Waals surface area contributed by atoms with E-state index in [1.807, 2.05) is 17.0 Å². The van der Waals surface area contributed by atoms with Crippen LogP contribution < -0.4 is 9.47 Å². The summed E-state index contributed by atoms with van der Waals surface area (Å²) < 4.78 is 23.9. The fraction of sp³-hybridized carbons (Fsp3) is 0.350. The monoisotopic (exact) mass is 341 g/mol. The molecule has 1 saturated heterocycles. The van der Waals surface area contributed by atoms with E-state index >= 15 is 0 Å². The topological polar surface area (TPSA) is 38.8 Å². The van der Waals surface area contributed by atoms with E-state index in [2.05, 4.69) is 0 Å². The highest BCUT2D eigenvalue weighted by Crippen LogP contribution is 2.33. The molecule has 2 heterocycles. The minimum Gasteiger partial charge on any atom is -0.454 e. The molecule has 130 valence electrons. The number of carbonyl (C=O) groups excluding carboxylic acids is 1. The molecule has 5 heteroatoms. The molecular formula is C20H20FNO3. The van der Waals surface area contributed by atoms with E-state index in [9.17, 15) is 9.18 Å². The Kier molecular flexibility index (Phi) is 4.30. The van der Waals surface area contributed by atoms with Crippen LogP contribution in [0.2, 0.25) is 0 Å².